The number of nitrogen functional groups attached to an aromatic ring is 1. The Morgan fingerprint density at radius 1 is 1.19 bits per heavy atom. The maximum atomic E-state index is 13.6. The number of anilines is 1. The molecule has 2 aromatic carbocycles. The van der Waals surface area contributed by atoms with Crippen LogP contribution >= 0.6 is 0 Å². The second-order valence-electron chi connectivity index (χ2n) is 4.61. The number of fused-ring (bicyclic) bond motifs is 1. The second-order valence-corrected chi connectivity index (χ2v) is 4.61. The smallest absolute Gasteiger partial charge is 0.254 e. The summed E-state index contributed by atoms with van der Waals surface area (Å²) < 4.78 is 24.1. The fourth-order valence-electron chi connectivity index (χ4n) is 2.04. The quantitative estimate of drug-likeness (QED) is 0.848. The molecule has 21 heavy (non-hydrogen) atoms. The molecule has 2 aromatic rings. The standard InChI is InChI=1S/C15H13FN2O3/c16-12-6-10(17)2-3-11(12)15(19)18-7-9-1-4-13-14(5-9)21-8-20-13/h1-6H,7-8,17H2,(H,18,19). The van der Waals surface area contributed by atoms with E-state index in [0.717, 1.165) is 11.6 Å². The minimum Gasteiger partial charge on any atom is -0.454 e. The average molecular weight is 288 g/mol. The van der Waals surface area contributed by atoms with Gasteiger partial charge in [0.25, 0.3) is 5.91 Å². The van der Waals surface area contributed by atoms with Gasteiger partial charge in [0.15, 0.2) is 11.5 Å². The Morgan fingerprint density at radius 3 is 2.81 bits per heavy atom. The van der Waals surface area contributed by atoms with Gasteiger partial charge in [0.2, 0.25) is 6.79 Å². The molecular weight excluding hydrogens is 275 g/mol. The van der Waals surface area contributed by atoms with Crippen LogP contribution in [-0.4, -0.2) is 12.7 Å². The van der Waals surface area contributed by atoms with Crippen molar-refractivity contribution >= 4 is 11.6 Å². The van der Waals surface area contributed by atoms with E-state index in [1.165, 1.54) is 12.1 Å². The molecule has 0 saturated heterocycles. The lowest BCUT2D eigenvalue weighted by Gasteiger charge is -2.07. The van der Waals surface area contributed by atoms with Crippen LogP contribution in [0.25, 0.3) is 0 Å². The van der Waals surface area contributed by atoms with Crippen LogP contribution in [-0.2, 0) is 6.54 Å². The first-order valence-corrected chi connectivity index (χ1v) is 6.35. The van der Waals surface area contributed by atoms with Gasteiger partial charge in [-0.1, -0.05) is 6.07 Å². The molecule has 3 N–H and O–H groups in total. The van der Waals surface area contributed by atoms with E-state index in [4.69, 9.17) is 15.2 Å². The predicted octanol–water partition coefficient (Wildman–Crippen LogP) is 2.07. The molecule has 0 aromatic heterocycles. The zero-order valence-corrected chi connectivity index (χ0v) is 11.1. The molecule has 0 aliphatic carbocycles. The molecule has 108 valence electrons. The van der Waals surface area contributed by atoms with Crippen molar-refractivity contribution in [1.29, 1.82) is 0 Å². The molecule has 0 radical (unpaired) electrons. The van der Waals surface area contributed by atoms with E-state index >= 15 is 0 Å². The van der Waals surface area contributed by atoms with Crippen LogP contribution in [0.5, 0.6) is 11.5 Å². The third kappa shape index (κ3) is 2.74. The Morgan fingerprint density at radius 2 is 2.00 bits per heavy atom. The summed E-state index contributed by atoms with van der Waals surface area (Å²) in [5, 5.41) is 2.65. The van der Waals surface area contributed by atoms with E-state index in [1.807, 2.05) is 6.07 Å². The lowest BCUT2D eigenvalue weighted by molar-refractivity contribution is 0.0947. The van der Waals surface area contributed by atoms with Crippen molar-refractivity contribution < 1.29 is 18.7 Å². The molecular formula is C15H13FN2O3. The normalized spacial score (nSPS) is 12.2. The molecule has 6 heteroatoms. The highest BCUT2D eigenvalue weighted by atomic mass is 19.1. The Bertz CT molecular complexity index is 703. The third-order valence-corrected chi connectivity index (χ3v) is 3.13. The van der Waals surface area contributed by atoms with Crippen molar-refractivity contribution in [3.63, 3.8) is 0 Å². The summed E-state index contributed by atoms with van der Waals surface area (Å²) in [4.78, 5) is 11.9. The van der Waals surface area contributed by atoms with E-state index in [1.54, 1.807) is 12.1 Å². The third-order valence-electron chi connectivity index (χ3n) is 3.13. The largest absolute Gasteiger partial charge is 0.454 e. The van der Waals surface area contributed by atoms with Crippen LogP contribution in [0.3, 0.4) is 0 Å². The molecule has 3 rings (SSSR count). The number of nitrogens with one attached hydrogen (secondary N) is 1. The number of carbonyl (C=O) groups is 1. The van der Waals surface area contributed by atoms with E-state index in [2.05, 4.69) is 5.32 Å². The van der Waals surface area contributed by atoms with Crippen LogP contribution in [0, 0.1) is 5.82 Å². The van der Waals surface area contributed by atoms with Gasteiger partial charge in [-0.05, 0) is 35.9 Å². The number of nitrogens with two attached hydrogens (primary N) is 1. The number of carbonyl (C=O) groups excluding carboxylic acids is 1. The molecule has 0 atom stereocenters. The molecule has 0 spiro atoms. The summed E-state index contributed by atoms with van der Waals surface area (Å²) in [7, 11) is 0. The first kappa shape index (κ1) is 13.2. The van der Waals surface area contributed by atoms with Crippen LogP contribution in [0.15, 0.2) is 36.4 Å². The summed E-state index contributed by atoms with van der Waals surface area (Å²) in [6, 6.07) is 9.33. The molecule has 0 bridgehead atoms. The number of amides is 1. The number of rotatable bonds is 3. The number of benzene rings is 2. The number of halogens is 1. The highest BCUT2D eigenvalue weighted by Crippen LogP contribution is 2.32. The van der Waals surface area contributed by atoms with E-state index in [0.29, 0.717) is 11.5 Å². The zero-order chi connectivity index (χ0) is 14.8. The summed E-state index contributed by atoms with van der Waals surface area (Å²) in [6.45, 7) is 0.459. The molecule has 0 saturated carbocycles. The second kappa shape index (κ2) is 5.32. The Labute approximate surface area is 120 Å². The van der Waals surface area contributed by atoms with Gasteiger partial charge in [0.1, 0.15) is 5.82 Å². The number of hydrogen-bond donors (Lipinski definition) is 2. The fraction of sp³-hybridized carbons (Fsp3) is 0.133. The summed E-state index contributed by atoms with van der Waals surface area (Å²) in [5.41, 5.74) is 6.52. The Balaban J connectivity index is 1.68. The van der Waals surface area contributed by atoms with Gasteiger partial charge in [0.05, 0.1) is 5.56 Å². The lowest BCUT2D eigenvalue weighted by Crippen LogP contribution is -2.23. The van der Waals surface area contributed by atoms with Gasteiger partial charge in [-0.15, -0.1) is 0 Å². The van der Waals surface area contributed by atoms with Crippen molar-refractivity contribution in [3.05, 3.63) is 53.3 Å². The van der Waals surface area contributed by atoms with Crippen LogP contribution in [0.2, 0.25) is 0 Å². The number of hydrogen-bond acceptors (Lipinski definition) is 4. The first-order chi connectivity index (χ1) is 10.1. The highest BCUT2D eigenvalue weighted by molar-refractivity contribution is 5.94. The Hall–Kier alpha value is -2.76. The molecule has 1 aliphatic heterocycles. The van der Waals surface area contributed by atoms with Crippen molar-refractivity contribution in [3.8, 4) is 11.5 Å². The minimum absolute atomic E-state index is 0.0371. The number of ether oxygens (including phenoxy) is 2. The maximum absolute atomic E-state index is 13.6. The summed E-state index contributed by atoms with van der Waals surface area (Å²) >= 11 is 0. The van der Waals surface area contributed by atoms with Gasteiger partial charge in [-0.3, -0.25) is 4.79 Å². The molecule has 0 fully saturated rings. The minimum atomic E-state index is -0.641. The summed E-state index contributed by atoms with van der Waals surface area (Å²) in [6.07, 6.45) is 0. The maximum Gasteiger partial charge on any atom is 0.254 e. The SMILES string of the molecule is Nc1ccc(C(=O)NCc2ccc3c(c2)OCO3)c(F)c1. The van der Waals surface area contributed by atoms with Gasteiger partial charge >= 0.3 is 0 Å². The highest BCUT2D eigenvalue weighted by Gasteiger charge is 2.15. The van der Waals surface area contributed by atoms with Gasteiger partial charge in [0, 0.05) is 12.2 Å². The average Bonchev–Trinajstić information content (AvgIpc) is 2.92. The Kier molecular flexibility index (Phi) is 3.35. The molecule has 0 unspecified atom stereocenters. The van der Waals surface area contributed by atoms with Crippen molar-refractivity contribution in [2.45, 2.75) is 6.54 Å². The van der Waals surface area contributed by atoms with Crippen LogP contribution in [0.4, 0.5) is 10.1 Å². The van der Waals surface area contributed by atoms with E-state index in [-0.39, 0.29) is 24.6 Å². The van der Waals surface area contributed by atoms with Crippen LogP contribution in [0.1, 0.15) is 15.9 Å². The fourth-order valence-corrected chi connectivity index (χ4v) is 2.04. The predicted molar refractivity (Wildman–Crippen MR) is 74.5 cm³/mol. The molecule has 5 nitrogen and oxygen atoms in total. The first-order valence-electron chi connectivity index (χ1n) is 6.35. The lowest BCUT2D eigenvalue weighted by atomic mass is 10.1. The van der Waals surface area contributed by atoms with E-state index < -0.39 is 11.7 Å². The van der Waals surface area contributed by atoms with Crippen LogP contribution < -0.4 is 20.5 Å². The molecule has 1 heterocycles. The van der Waals surface area contributed by atoms with Gasteiger partial charge < -0.3 is 20.5 Å². The zero-order valence-electron chi connectivity index (χ0n) is 11.1. The van der Waals surface area contributed by atoms with E-state index in [9.17, 15) is 9.18 Å². The molecule has 1 amide bonds. The van der Waals surface area contributed by atoms with Crippen molar-refractivity contribution in [2.24, 2.45) is 0 Å². The monoisotopic (exact) mass is 288 g/mol. The molecule has 1 aliphatic rings. The topological polar surface area (TPSA) is 73.6 Å². The van der Waals surface area contributed by atoms with Gasteiger partial charge in [-0.2, -0.15) is 0 Å². The van der Waals surface area contributed by atoms with Gasteiger partial charge in [-0.25, -0.2) is 4.39 Å². The summed E-state index contributed by atoms with van der Waals surface area (Å²) in [5.74, 6) is 0.179. The van der Waals surface area contributed by atoms with Crippen molar-refractivity contribution in [1.82, 2.24) is 5.32 Å². The van der Waals surface area contributed by atoms with Crippen molar-refractivity contribution in [2.75, 3.05) is 12.5 Å².